The van der Waals surface area contributed by atoms with Crippen molar-refractivity contribution in [2.75, 3.05) is 19.8 Å². The first-order valence-electron chi connectivity index (χ1n) is 23.6. The summed E-state index contributed by atoms with van der Waals surface area (Å²) in [5, 5.41) is 0.872. The van der Waals surface area contributed by atoms with Crippen LogP contribution in [0.2, 0.25) is 0 Å². The number of rotatable bonds is 39. The minimum absolute atomic E-state index is 0.703. The third kappa shape index (κ3) is 26.6. The van der Waals surface area contributed by atoms with Crippen LogP contribution < -0.4 is 14.2 Å². The molecule has 0 saturated carbocycles. The number of hydrogen-bond donors (Lipinski definition) is 0. The lowest BCUT2D eigenvalue weighted by Crippen LogP contribution is -2.07. The number of benzene rings is 2. The summed E-state index contributed by atoms with van der Waals surface area (Å²) < 4.78 is 19.8. The van der Waals surface area contributed by atoms with E-state index in [4.69, 9.17) is 14.2 Å². The van der Waals surface area contributed by atoms with Crippen molar-refractivity contribution in [3.8, 4) is 17.2 Å². The van der Waals surface area contributed by atoms with E-state index in [9.17, 15) is 0 Å². The van der Waals surface area contributed by atoms with Crippen LogP contribution in [0.1, 0.15) is 230 Å². The molecular weight excluding hydrogens is 740 g/mol. The molecule has 2 aromatic rings. The zero-order valence-corrected chi connectivity index (χ0v) is 37.8. The predicted octanol–water partition coefficient (Wildman–Crippen LogP) is 17.7. The first kappa shape index (κ1) is 49.2. The summed E-state index contributed by atoms with van der Waals surface area (Å²) in [7, 11) is 0. The molecule has 0 fully saturated rings. The third-order valence-corrected chi connectivity index (χ3v) is 11.5. The van der Waals surface area contributed by atoms with Crippen LogP contribution in [-0.4, -0.2) is 19.8 Å². The molecule has 0 amide bonds. The van der Waals surface area contributed by atoms with Gasteiger partial charge < -0.3 is 14.2 Å². The predicted molar refractivity (Wildman–Crippen MR) is 246 cm³/mol. The van der Waals surface area contributed by atoms with Gasteiger partial charge in [0.25, 0.3) is 0 Å². The van der Waals surface area contributed by atoms with Gasteiger partial charge >= 0.3 is 0 Å². The number of ether oxygens (including phenoxy) is 3. The highest BCUT2D eigenvalue weighted by atomic mass is 79.9. The molecule has 0 bridgehead atoms. The quantitative estimate of drug-likeness (QED) is 0.0382. The largest absolute Gasteiger partial charge is 0.490 e. The monoisotopic (exact) mass is 825 g/mol. The Morgan fingerprint density at radius 1 is 0.382 bits per heavy atom. The Morgan fingerprint density at radius 3 is 1.04 bits per heavy atom. The standard InChI is InChI=1S/C51H85BrO3/c1-4-7-10-13-16-19-22-25-28-31-40-53-49-43-48(39-36-46-34-37-47(45-52)38-35-46)44-50(54-41-32-29-26-23-20-17-14-11-8-5-2)51(49)55-42-33-30-27-24-21-18-15-12-9-6-3/h34-39,43-44H,4-33,40-42,45H2,1-3H3/b39-36+. The molecule has 0 aliphatic rings. The van der Waals surface area contributed by atoms with Gasteiger partial charge in [-0.1, -0.05) is 246 Å². The maximum atomic E-state index is 6.61. The van der Waals surface area contributed by atoms with E-state index < -0.39 is 0 Å². The van der Waals surface area contributed by atoms with Crippen molar-refractivity contribution in [3.63, 3.8) is 0 Å². The van der Waals surface area contributed by atoms with Gasteiger partial charge in [0.1, 0.15) is 0 Å². The second-order valence-electron chi connectivity index (χ2n) is 16.1. The first-order valence-corrected chi connectivity index (χ1v) is 24.7. The normalized spacial score (nSPS) is 11.5. The van der Waals surface area contributed by atoms with Crippen LogP contribution in [0.25, 0.3) is 12.2 Å². The second kappa shape index (κ2) is 36.4. The van der Waals surface area contributed by atoms with Crippen molar-refractivity contribution in [3.05, 3.63) is 53.1 Å². The molecule has 0 aliphatic heterocycles. The van der Waals surface area contributed by atoms with Crippen molar-refractivity contribution in [2.24, 2.45) is 0 Å². The summed E-state index contributed by atoms with van der Waals surface area (Å²) in [4.78, 5) is 0. The Balaban J connectivity index is 2.04. The summed E-state index contributed by atoms with van der Waals surface area (Å²) in [6, 6.07) is 13.1. The van der Waals surface area contributed by atoms with E-state index in [1.54, 1.807) is 0 Å². The second-order valence-corrected chi connectivity index (χ2v) is 16.7. The molecule has 0 aliphatic carbocycles. The lowest BCUT2D eigenvalue weighted by atomic mass is 10.1. The van der Waals surface area contributed by atoms with Crippen LogP contribution >= 0.6 is 15.9 Å². The van der Waals surface area contributed by atoms with Gasteiger partial charge in [-0.15, -0.1) is 0 Å². The van der Waals surface area contributed by atoms with Crippen LogP contribution in [-0.2, 0) is 5.33 Å². The van der Waals surface area contributed by atoms with Crippen LogP contribution in [0.4, 0.5) is 0 Å². The van der Waals surface area contributed by atoms with Gasteiger partial charge in [0.2, 0.25) is 5.75 Å². The van der Waals surface area contributed by atoms with Crippen molar-refractivity contribution >= 4 is 28.1 Å². The van der Waals surface area contributed by atoms with Gasteiger partial charge in [-0.25, -0.2) is 0 Å². The zero-order chi connectivity index (χ0) is 39.3. The van der Waals surface area contributed by atoms with E-state index in [1.807, 2.05) is 0 Å². The van der Waals surface area contributed by atoms with Crippen LogP contribution in [0.3, 0.4) is 0 Å². The molecule has 0 heterocycles. The Labute approximate surface area is 349 Å². The van der Waals surface area contributed by atoms with E-state index in [1.165, 1.54) is 184 Å². The zero-order valence-electron chi connectivity index (χ0n) is 36.3. The van der Waals surface area contributed by atoms with Crippen molar-refractivity contribution in [1.29, 1.82) is 0 Å². The molecular formula is C51H85BrO3. The number of unbranched alkanes of at least 4 members (excludes halogenated alkanes) is 27. The van der Waals surface area contributed by atoms with Gasteiger partial charge in [-0.3, -0.25) is 0 Å². The van der Waals surface area contributed by atoms with Crippen molar-refractivity contribution in [1.82, 2.24) is 0 Å². The molecule has 314 valence electrons. The average molecular weight is 826 g/mol. The molecule has 3 nitrogen and oxygen atoms in total. The van der Waals surface area contributed by atoms with Crippen molar-refractivity contribution < 1.29 is 14.2 Å². The van der Waals surface area contributed by atoms with Gasteiger partial charge in [0.05, 0.1) is 19.8 Å². The lowest BCUT2D eigenvalue weighted by Gasteiger charge is -2.18. The van der Waals surface area contributed by atoms with Crippen molar-refractivity contribution in [2.45, 2.75) is 219 Å². The molecule has 0 radical (unpaired) electrons. The molecule has 0 N–H and O–H groups in total. The topological polar surface area (TPSA) is 27.7 Å². The molecule has 0 aromatic heterocycles. The maximum Gasteiger partial charge on any atom is 0.203 e. The Morgan fingerprint density at radius 2 is 0.691 bits per heavy atom. The number of alkyl halides is 1. The third-order valence-electron chi connectivity index (χ3n) is 10.9. The van der Waals surface area contributed by atoms with E-state index >= 15 is 0 Å². The molecule has 2 aromatic carbocycles. The highest BCUT2D eigenvalue weighted by molar-refractivity contribution is 9.08. The summed E-state index contributed by atoms with van der Waals surface area (Å²) >= 11 is 3.57. The van der Waals surface area contributed by atoms with E-state index in [0.29, 0.717) is 19.8 Å². The van der Waals surface area contributed by atoms with Gasteiger partial charge in [-0.2, -0.15) is 0 Å². The molecule has 0 atom stereocenters. The summed E-state index contributed by atoms with van der Waals surface area (Å²) in [5.41, 5.74) is 3.56. The molecule has 2 rings (SSSR count). The molecule has 4 heteroatoms. The molecule has 55 heavy (non-hydrogen) atoms. The highest BCUT2D eigenvalue weighted by Gasteiger charge is 2.16. The Hall–Kier alpha value is -1.94. The minimum atomic E-state index is 0.703. The number of hydrogen-bond acceptors (Lipinski definition) is 3. The van der Waals surface area contributed by atoms with Gasteiger partial charge in [0.15, 0.2) is 11.5 Å². The SMILES string of the molecule is CCCCCCCCCCCCOc1cc(/C=C/c2ccc(CBr)cc2)cc(OCCCCCCCCCCCC)c1OCCCCCCCCCCCC. The summed E-state index contributed by atoms with van der Waals surface area (Å²) in [5.74, 6) is 2.46. The first-order chi connectivity index (χ1) is 27.2. The Bertz CT molecular complexity index is 1110. The summed E-state index contributed by atoms with van der Waals surface area (Å²) in [6.07, 6.45) is 43.9. The Kier molecular flexibility index (Phi) is 32.6. The summed E-state index contributed by atoms with van der Waals surface area (Å²) in [6.45, 7) is 9.01. The maximum absolute atomic E-state index is 6.61. The fraction of sp³-hybridized carbons (Fsp3) is 0.725. The van der Waals surface area contributed by atoms with Gasteiger partial charge in [0, 0.05) is 5.33 Å². The average Bonchev–Trinajstić information content (AvgIpc) is 3.21. The van der Waals surface area contributed by atoms with E-state index in [0.717, 1.165) is 47.4 Å². The fourth-order valence-corrected chi connectivity index (χ4v) is 7.64. The fourth-order valence-electron chi connectivity index (χ4n) is 7.27. The van der Waals surface area contributed by atoms with Gasteiger partial charge in [-0.05, 0) is 48.1 Å². The van der Waals surface area contributed by atoms with Crippen LogP contribution in [0.5, 0.6) is 17.2 Å². The highest BCUT2D eigenvalue weighted by Crippen LogP contribution is 2.40. The van der Waals surface area contributed by atoms with E-state index in [2.05, 4.69) is 85.3 Å². The number of halogens is 1. The molecule has 0 unspecified atom stereocenters. The van der Waals surface area contributed by atoms with E-state index in [-0.39, 0.29) is 0 Å². The lowest BCUT2D eigenvalue weighted by molar-refractivity contribution is 0.234. The minimum Gasteiger partial charge on any atom is -0.490 e. The van der Waals surface area contributed by atoms with Crippen LogP contribution in [0, 0.1) is 0 Å². The molecule has 0 spiro atoms. The van der Waals surface area contributed by atoms with Crippen LogP contribution in [0.15, 0.2) is 36.4 Å². The molecule has 0 saturated heterocycles. The smallest absolute Gasteiger partial charge is 0.203 e.